The molecule has 2 atom stereocenters. The number of alkyl halides is 3. The zero-order valence-corrected chi connectivity index (χ0v) is 25.3. The summed E-state index contributed by atoms with van der Waals surface area (Å²) in [6.07, 6.45) is -4.75. The van der Waals surface area contributed by atoms with Crippen LogP contribution in [0.3, 0.4) is 0 Å². The van der Waals surface area contributed by atoms with E-state index in [4.69, 9.17) is 16.3 Å². The standard InChI is InChI=1S/C30H32ClF4N3O4S/c1-29(2,3)36-17-19-13-27-23(15-24(19)31)25(11-12-42-27)37-28(39)16-26(18-7-9-21(32)10-8-18)38-43(40,41)22-6-4-5-20(14-22)30(33,34)35/h4-10,13-15,25-26,36,38H,11-12,16-17H2,1-3H3,(H,37,39)/t25-,26-/m1/s1. The van der Waals surface area contributed by atoms with Gasteiger partial charge in [-0.1, -0.05) is 29.8 Å². The second-order valence-electron chi connectivity index (χ2n) is 11.3. The van der Waals surface area contributed by atoms with Gasteiger partial charge in [0, 0.05) is 35.5 Å². The number of nitrogens with one attached hydrogen (secondary N) is 3. The number of amides is 1. The van der Waals surface area contributed by atoms with Gasteiger partial charge in [-0.25, -0.2) is 17.5 Å². The number of ether oxygens (including phenoxy) is 1. The van der Waals surface area contributed by atoms with Gasteiger partial charge >= 0.3 is 6.18 Å². The summed E-state index contributed by atoms with van der Waals surface area (Å²) in [6, 6.07) is 9.92. The van der Waals surface area contributed by atoms with Crippen molar-refractivity contribution in [2.75, 3.05) is 6.61 Å². The molecule has 4 rings (SSSR count). The van der Waals surface area contributed by atoms with Gasteiger partial charge in [-0.2, -0.15) is 13.2 Å². The predicted molar refractivity (Wildman–Crippen MR) is 155 cm³/mol. The molecule has 0 saturated carbocycles. The third kappa shape index (κ3) is 8.69. The lowest BCUT2D eigenvalue weighted by Crippen LogP contribution is -2.37. The Morgan fingerprint density at radius 2 is 1.77 bits per heavy atom. The van der Waals surface area contributed by atoms with Crippen LogP contribution >= 0.6 is 11.6 Å². The maximum atomic E-state index is 13.6. The lowest BCUT2D eigenvalue weighted by molar-refractivity contribution is -0.137. The number of hydrogen-bond donors (Lipinski definition) is 3. The zero-order chi connectivity index (χ0) is 31.6. The molecule has 1 aliphatic rings. The molecule has 0 bridgehead atoms. The van der Waals surface area contributed by atoms with E-state index in [0.29, 0.717) is 42.0 Å². The monoisotopic (exact) mass is 641 g/mol. The van der Waals surface area contributed by atoms with Gasteiger partial charge in [0.15, 0.2) is 0 Å². The van der Waals surface area contributed by atoms with Gasteiger partial charge < -0.3 is 15.4 Å². The van der Waals surface area contributed by atoms with E-state index in [0.717, 1.165) is 35.9 Å². The van der Waals surface area contributed by atoms with Crippen molar-refractivity contribution in [3.63, 3.8) is 0 Å². The first kappa shape index (κ1) is 32.7. The molecule has 232 valence electrons. The minimum Gasteiger partial charge on any atom is -0.493 e. The fourth-order valence-electron chi connectivity index (χ4n) is 4.55. The van der Waals surface area contributed by atoms with Crippen LogP contribution in [0.15, 0.2) is 65.6 Å². The zero-order valence-electron chi connectivity index (χ0n) is 23.7. The van der Waals surface area contributed by atoms with Gasteiger partial charge in [0.05, 0.1) is 29.1 Å². The summed E-state index contributed by atoms with van der Waals surface area (Å²) < 4.78 is 87.8. The molecule has 0 unspecified atom stereocenters. The van der Waals surface area contributed by atoms with Crippen LogP contribution in [0, 0.1) is 5.82 Å². The summed E-state index contributed by atoms with van der Waals surface area (Å²) >= 11 is 6.55. The van der Waals surface area contributed by atoms with E-state index in [1.165, 1.54) is 12.1 Å². The Kier molecular flexibility index (Phi) is 9.75. The minimum atomic E-state index is -4.76. The lowest BCUT2D eigenvalue weighted by Gasteiger charge is -2.29. The van der Waals surface area contributed by atoms with E-state index in [1.807, 2.05) is 26.8 Å². The lowest BCUT2D eigenvalue weighted by atomic mass is 9.97. The van der Waals surface area contributed by atoms with Crippen molar-refractivity contribution in [3.05, 3.63) is 93.8 Å². The molecular weight excluding hydrogens is 610 g/mol. The summed E-state index contributed by atoms with van der Waals surface area (Å²) in [6.45, 7) is 6.90. The number of fused-ring (bicyclic) bond motifs is 1. The van der Waals surface area contributed by atoms with Gasteiger partial charge in [0.2, 0.25) is 15.9 Å². The fourth-order valence-corrected chi connectivity index (χ4v) is 6.06. The molecule has 43 heavy (non-hydrogen) atoms. The van der Waals surface area contributed by atoms with E-state index in [-0.39, 0.29) is 11.1 Å². The molecule has 7 nitrogen and oxygen atoms in total. The number of sulfonamides is 1. The maximum absolute atomic E-state index is 13.6. The second kappa shape index (κ2) is 12.8. The van der Waals surface area contributed by atoms with Crippen LogP contribution in [0.2, 0.25) is 5.02 Å². The molecule has 1 aliphatic heterocycles. The highest BCUT2D eigenvalue weighted by atomic mass is 35.5. The third-order valence-electron chi connectivity index (χ3n) is 6.79. The first-order valence-corrected chi connectivity index (χ1v) is 15.3. The van der Waals surface area contributed by atoms with E-state index < -0.39 is 56.9 Å². The van der Waals surface area contributed by atoms with Crippen molar-refractivity contribution in [2.24, 2.45) is 0 Å². The van der Waals surface area contributed by atoms with E-state index in [9.17, 15) is 30.8 Å². The highest BCUT2D eigenvalue weighted by Crippen LogP contribution is 2.37. The van der Waals surface area contributed by atoms with E-state index in [1.54, 1.807) is 6.07 Å². The van der Waals surface area contributed by atoms with Gasteiger partial charge in [0.1, 0.15) is 11.6 Å². The van der Waals surface area contributed by atoms with Crippen LogP contribution in [0.5, 0.6) is 5.75 Å². The highest BCUT2D eigenvalue weighted by molar-refractivity contribution is 7.89. The summed E-state index contributed by atoms with van der Waals surface area (Å²) in [5.41, 5.74) is 0.453. The Hall–Kier alpha value is -3.19. The van der Waals surface area contributed by atoms with E-state index in [2.05, 4.69) is 15.4 Å². The number of benzene rings is 3. The van der Waals surface area contributed by atoms with Crippen LogP contribution < -0.4 is 20.1 Å². The average molecular weight is 642 g/mol. The molecule has 13 heteroatoms. The largest absolute Gasteiger partial charge is 0.493 e. The summed E-state index contributed by atoms with van der Waals surface area (Å²) in [4.78, 5) is 12.7. The smallest absolute Gasteiger partial charge is 0.416 e. The van der Waals surface area contributed by atoms with Crippen molar-refractivity contribution in [1.82, 2.24) is 15.4 Å². The molecule has 3 aromatic rings. The molecule has 3 aromatic carbocycles. The average Bonchev–Trinajstić information content (AvgIpc) is 2.91. The maximum Gasteiger partial charge on any atom is 0.416 e. The van der Waals surface area contributed by atoms with Crippen molar-refractivity contribution >= 4 is 27.5 Å². The van der Waals surface area contributed by atoms with Crippen LogP contribution in [0.25, 0.3) is 0 Å². The normalized spacial score (nSPS) is 16.2. The van der Waals surface area contributed by atoms with Gasteiger partial charge in [-0.15, -0.1) is 0 Å². The molecule has 3 N–H and O–H groups in total. The Morgan fingerprint density at radius 1 is 1.07 bits per heavy atom. The van der Waals surface area contributed by atoms with Crippen molar-refractivity contribution in [3.8, 4) is 5.75 Å². The Labute approximate surface area is 253 Å². The first-order chi connectivity index (χ1) is 20.0. The van der Waals surface area contributed by atoms with Crippen LogP contribution in [-0.2, 0) is 27.5 Å². The van der Waals surface area contributed by atoms with Gasteiger partial charge in [-0.3, -0.25) is 4.79 Å². The number of carbonyl (C=O) groups is 1. The molecule has 1 heterocycles. The number of rotatable bonds is 9. The van der Waals surface area contributed by atoms with Gasteiger partial charge in [0.25, 0.3) is 0 Å². The Morgan fingerprint density at radius 3 is 2.42 bits per heavy atom. The molecule has 1 amide bonds. The number of carbonyl (C=O) groups excluding carboxylic acids is 1. The topological polar surface area (TPSA) is 96.5 Å². The molecular formula is C30H32ClF4N3O4S. The molecule has 0 spiro atoms. The molecule has 0 fully saturated rings. The predicted octanol–water partition coefficient (Wildman–Crippen LogP) is 6.44. The minimum absolute atomic E-state index is 0.139. The molecule has 0 radical (unpaired) electrons. The van der Waals surface area contributed by atoms with Crippen molar-refractivity contribution in [1.29, 1.82) is 0 Å². The second-order valence-corrected chi connectivity index (χ2v) is 13.4. The SMILES string of the molecule is CC(C)(C)NCc1cc2c(cc1Cl)[C@H](NC(=O)C[C@@H](NS(=O)(=O)c1cccc(C(F)(F)F)c1)c1ccc(F)cc1)CCO2. The number of halogens is 5. The van der Waals surface area contributed by atoms with Crippen LogP contribution in [0.1, 0.15) is 68.0 Å². The fraction of sp³-hybridized carbons (Fsp3) is 0.367. The van der Waals surface area contributed by atoms with Crippen molar-refractivity contribution < 1.29 is 35.5 Å². The van der Waals surface area contributed by atoms with E-state index >= 15 is 0 Å². The Bertz CT molecular complexity index is 1580. The first-order valence-electron chi connectivity index (χ1n) is 13.5. The van der Waals surface area contributed by atoms with Gasteiger partial charge in [-0.05, 0) is 74.4 Å². The highest BCUT2D eigenvalue weighted by Gasteiger charge is 2.33. The Balaban J connectivity index is 1.55. The summed E-state index contributed by atoms with van der Waals surface area (Å²) in [5, 5.41) is 6.74. The summed E-state index contributed by atoms with van der Waals surface area (Å²) in [5.74, 6) is -0.569. The van der Waals surface area contributed by atoms with Crippen LogP contribution in [0.4, 0.5) is 17.6 Å². The quantitative estimate of drug-likeness (QED) is 0.234. The molecule has 0 saturated heterocycles. The molecule has 0 aromatic heterocycles. The number of hydrogen-bond acceptors (Lipinski definition) is 5. The van der Waals surface area contributed by atoms with Crippen molar-refractivity contribution in [2.45, 2.75) is 68.9 Å². The molecule has 0 aliphatic carbocycles. The third-order valence-corrected chi connectivity index (χ3v) is 8.61. The summed E-state index contributed by atoms with van der Waals surface area (Å²) in [7, 11) is -4.52. The van der Waals surface area contributed by atoms with Crippen LogP contribution in [-0.4, -0.2) is 26.5 Å².